The van der Waals surface area contributed by atoms with E-state index in [1.54, 1.807) is 0 Å². The van der Waals surface area contributed by atoms with E-state index in [1.165, 1.54) is 24.9 Å². The van der Waals surface area contributed by atoms with Crippen molar-refractivity contribution in [3.63, 3.8) is 0 Å². The molecule has 1 N–H and O–H groups in total. The number of anilines is 3. The fourth-order valence-corrected chi connectivity index (χ4v) is 3.91. The van der Waals surface area contributed by atoms with E-state index in [1.807, 2.05) is 0 Å². The minimum atomic E-state index is 0.421. The number of hydrogen-bond donors (Lipinski definition) is 1. The van der Waals surface area contributed by atoms with Crippen LogP contribution >= 0.6 is 0 Å². The third-order valence-corrected chi connectivity index (χ3v) is 5.29. The Balaban J connectivity index is 1.40. The molecule has 1 aromatic rings. The van der Waals surface area contributed by atoms with Crippen molar-refractivity contribution in [2.45, 2.75) is 31.4 Å². The molecule has 0 radical (unpaired) electrons. The molecule has 0 spiro atoms. The highest BCUT2D eigenvalue weighted by molar-refractivity contribution is 5.72. The van der Waals surface area contributed by atoms with Gasteiger partial charge < -0.3 is 19.9 Å². The van der Waals surface area contributed by atoms with E-state index in [2.05, 4.69) is 27.2 Å². The molecule has 0 aromatic carbocycles. The highest BCUT2D eigenvalue weighted by atomic mass is 16.5. The average molecular weight is 286 g/mol. The molecule has 2 atom stereocenters. The molecule has 112 valence electrons. The maximum atomic E-state index is 5.92. The highest BCUT2D eigenvalue weighted by Crippen LogP contribution is 2.38. The molecule has 3 fully saturated rings. The van der Waals surface area contributed by atoms with Crippen LogP contribution in [0.25, 0.3) is 0 Å². The first kappa shape index (κ1) is 12.1. The Morgan fingerprint density at radius 3 is 2.95 bits per heavy atom. The van der Waals surface area contributed by atoms with Crippen LogP contribution in [0.1, 0.15) is 19.3 Å². The van der Waals surface area contributed by atoms with Gasteiger partial charge in [0.25, 0.3) is 0 Å². The van der Waals surface area contributed by atoms with E-state index in [0.717, 1.165) is 50.3 Å². The average Bonchev–Trinajstić information content (AvgIpc) is 3.31. The van der Waals surface area contributed by atoms with Crippen LogP contribution in [0.2, 0.25) is 0 Å². The first-order chi connectivity index (χ1) is 10.4. The topological polar surface area (TPSA) is 40.6 Å². The van der Waals surface area contributed by atoms with E-state index in [0.29, 0.717) is 12.1 Å². The second kappa shape index (κ2) is 4.50. The summed E-state index contributed by atoms with van der Waals surface area (Å²) in [7, 11) is 0. The lowest BCUT2D eigenvalue weighted by molar-refractivity contribution is 0.0261. The summed E-state index contributed by atoms with van der Waals surface area (Å²) >= 11 is 0. The lowest BCUT2D eigenvalue weighted by Gasteiger charge is -2.35. The number of rotatable bonds is 2. The van der Waals surface area contributed by atoms with Crippen molar-refractivity contribution < 1.29 is 4.74 Å². The molecule has 1 unspecified atom stereocenters. The molecule has 0 amide bonds. The fraction of sp³-hybridized carbons (Fsp3) is 0.688. The Morgan fingerprint density at radius 1 is 1.10 bits per heavy atom. The van der Waals surface area contributed by atoms with Gasteiger partial charge >= 0.3 is 0 Å². The quantitative estimate of drug-likeness (QED) is 0.896. The SMILES string of the molecule is c1cc2c(nc1N1CCOC(C3CC3)C1)N[C@H]1CCN2C1. The Morgan fingerprint density at radius 2 is 2.05 bits per heavy atom. The summed E-state index contributed by atoms with van der Waals surface area (Å²) in [5.41, 5.74) is 1.28. The van der Waals surface area contributed by atoms with Gasteiger partial charge in [0.1, 0.15) is 5.82 Å². The van der Waals surface area contributed by atoms with Gasteiger partial charge in [0.05, 0.1) is 18.4 Å². The third kappa shape index (κ3) is 2.06. The molecular formula is C16H22N4O. The number of fused-ring (bicyclic) bond motifs is 4. The molecule has 2 saturated heterocycles. The number of nitrogens with one attached hydrogen (secondary N) is 1. The summed E-state index contributed by atoms with van der Waals surface area (Å²) in [6.45, 7) is 5.09. The van der Waals surface area contributed by atoms with Gasteiger partial charge in [0.2, 0.25) is 0 Å². The molecule has 4 heterocycles. The fourth-order valence-electron chi connectivity index (χ4n) is 3.91. The standard InChI is InChI=1S/C16H22N4O/c1-2-11(1)14-10-20(7-8-21-14)15-4-3-13-16(18-15)17-12-5-6-19(13)9-12/h3-4,11-12,14H,1-2,5-10H2,(H,17,18)/t12-,14?/m0/s1. The van der Waals surface area contributed by atoms with Crippen molar-refractivity contribution in [1.29, 1.82) is 0 Å². The van der Waals surface area contributed by atoms with Crippen LogP contribution in [0.15, 0.2) is 12.1 Å². The van der Waals surface area contributed by atoms with Gasteiger partial charge in [0.15, 0.2) is 5.82 Å². The van der Waals surface area contributed by atoms with Gasteiger partial charge in [-0.25, -0.2) is 4.98 Å². The van der Waals surface area contributed by atoms with E-state index in [9.17, 15) is 0 Å². The third-order valence-electron chi connectivity index (χ3n) is 5.29. The lowest BCUT2D eigenvalue weighted by Crippen LogP contribution is -2.44. The summed E-state index contributed by atoms with van der Waals surface area (Å²) in [5.74, 6) is 2.99. The number of pyridine rings is 1. The molecule has 3 aliphatic heterocycles. The van der Waals surface area contributed by atoms with Gasteiger partial charge in [-0.1, -0.05) is 0 Å². The van der Waals surface area contributed by atoms with Crippen LogP contribution in [0, 0.1) is 5.92 Å². The van der Waals surface area contributed by atoms with Crippen LogP contribution in [-0.4, -0.2) is 49.9 Å². The van der Waals surface area contributed by atoms with Crippen molar-refractivity contribution in [2.24, 2.45) is 5.92 Å². The molecule has 1 aromatic heterocycles. The number of hydrogen-bond acceptors (Lipinski definition) is 5. The van der Waals surface area contributed by atoms with Crippen molar-refractivity contribution in [1.82, 2.24) is 4.98 Å². The van der Waals surface area contributed by atoms with Crippen LogP contribution in [0.4, 0.5) is 17.3 Å². The first-order valence-electron chi connectivity index (χ1n) is 8.26. The molecule has 5 nitrogen and oxygen atoms in total. The van der Waals surface area contributed by atoms with Gasteiger partial charge in [-0.15, -0.1) is 0 Å². The second-order valence-corrected chi connectivity index (χ2v) is 6.81. The van der Waals surface area contributed by atoms with Crippen molar-refractivity contribution in [2.75, 3.05) is 47.9 Å². The molecular weight excluding hydrogens is 264 g/mol. The van der Waals surface area contributed by atoms with Crippen LogP contribution in [-0.2, 0) is 4.74 Å². The van der Waals surface area contributed by atoms with Gasteiger partial charge in [-0.2, -0.15) is 0 Å². The summed E-state index contributed by atoms with van der Waals surface area (Å²) in [4.78, 5) is 9.77. The second-order valence-electron chi connectivity index (χ2n) is 6.81. The molecule has 5 rings (SSSR count). The summed E-state index contributed by atoms with van der Waals surface area (Å²) in [6.07, 6.45) is 4.33. The zero-order valence-corrected chi connectivity index (χ0v) is 12.3. The van der Waals surface area contributed by atoms with Gasteiger partial charge in [-0.05, 0) is 37.3 Å². The van der Waals surface area contributed by atoms with Crippen LogP contribution in [0.3, 0.4) is 0 Å². The largest absolute Gasteiger partial charge is 0.374 e. The van der Waals surface area contributed by atoms with Crippen LogP contribution in [0.5, 0.6) is 0 Å². The minimum absolute atomic E-state index is 0.421. The Bertz CT molecular complexity index is 559. The minimum Gasteiger partial charge on any atom is -0.374 e. The normalized spacial score (nSPS) is 31.0. The molecule has 2 bridgehead atoms. The summed E-state index contributed by atoms with van der Waals surface area (Å²) < 4.78 is 5.92. The van der Waals surface area contributed by atoms with E-state index in [-0.39, 0.29) is 0 Å². The zero-order valence-electron chi connectivity index (χ0n) is 12.3. The maximum Gasteiger partial charge on any atom is 0.152 e. The van der Waals surface area contributed by atoms with E-state index in [4.69, 9.17) is 9.72 Å². The smallest absolute Gasteiger partial charge is 0.152 e. The van der Waals surface area contributed by atoms with Gasteiger partial charge in [0, 0.05) is 32.2 Å². The Kier molecular flexibility index (Phi) is 2.59. The number of morpholine rings is 1. The molecule has 1 saturated carbocycles. The summed E-state index contributed by atoms with van der Waals surface area (Å²) in [5, 5.41) is 3.60. The molecule has 4 aliphatic rings. The van der Waals surface area contributed by atoms with E-state index < -0.39 is 0 Å². The van der Waals surface area contributed by atoms with Gasteiger partial charge in [-0.3, -0.25) is 0 Å². The predicted molar refractivity (Wildman–Crippen MR) is 83.2 cm³/mol. The lowest BCUT2D eigenvalue weighted by atomic mass is 10.2. The highest BCUT2D eigenvalue weighted by Gasteiger charge is 2.36. The number of nitrogens with zero attached hydrogens (tertiary/aromatic N) is 3. The zero-order chi connectivity index (χ0) is 13.8. The Labute approximate surface area is 125 Å². The number of aromatic nitrogens is 1. The van der Waals surface area contributed by atoms with Crippen LogP contribution < -0.4 is 15.1 Å². The molecule has 5 heteroatoms. The first-order valence-corrected chi connectivity index (χ1v) is 8.26. The maximum absolute atomic E-state index is 5.92. The van der Waals surface area contributed by atoms with Crippen molar-refractivity contribution in [3.05, 3.63) is 12.1 Å². The Hall–Kier alpha value is -1.49. The molecule has 1 aliphatic carbocycles. The predicted octanol–water partition coefficient (Wildman–Crippen LogP) is 1.70. The van der Waals surface area contributed by atoms with Crippen molar-refractivity contribution >= 4 is 17.3 Å². The van der Waals surface area contributed by atoms with E-state index >= 15 is 0 Å². The monoisotopic (exact) mass is 286 g/mol. The molecule has 21 heavy (non-hydrogen) atoms. The number of ether oxygens (including phenoxy) is 1. The summed E-state index contributed by atoms with van der Waals surface area (Å²) in [6, 6.07) is 5.02. The van der Waals surface area contributed by atoms with Crippen molar-refractivity contribution in [3.8, 4) is 0 Å².